The van der Waals surface area contributed by atoms with Crippen molar-refractivity contribution in [1.82, 2.24) is 0 Å². The van der Waals surface area contributed by atoms with Crippen LogP contribution in [0.5, 0.6) is 0 Å². The monoisotopic (exact) mass is 260 g/mol. The van der Waals surface area contributed by atoms with E-state index in [-0.39, 0.29) is 11.9 Å². The number of benzene rings is 1. The molecule has 2 atom stereocenters. The molecule has 0 saturated heterocycles. The smallest absolute Gasteiger partial charge is 0.227 e. The van der Waals surface area contributed by atoms with Gasteiger partial charge in [0.05, 0.1) is 0 Å². The minimum Gasteiger partial charge on any atom is -0.324 e. The number of rotatable bonds is 3. The van der Waals surface area contributed by atoms with Crippen molar-refractivity contribution in [3.05, 3.63) is 29.8 Å². The summed E-state index contributed by atoms with van der Waals surface area (Å²) in [5.41, 5.74) is 8.32. The SMILES string of the molecule is CCC(C)CC(=O)N1CCCC(N)c2ccccc21. The molecule has 1 aromatic rings. The molecule has 104 valence electrons. The van der Waals surface area contributed by atoms with Crippen LogP contribution in [0.25, 0.3) is 0 Å². The average molecular weight is 260 g/mol. The van der Waals surface area contributed by atoms with E-state index in [1.807, 2.05) is 23.1 Å². The van der Waals surface area contributed by atoms with Crippen LogP contribution in [0.2, 0.25) is 0 Å². The Morgan fingerprint density at radius 1 is 1.47 bits per heavy atom. The third kappa shape index (κ3) is 3.16. The van der Waals surface area contributed by atoms with Crippen LogP contribution in [-0.4, -0.2) is 12.5 Å². The molecule has 2 rings (SSSR count). The lowest BCUT2D eigenvalue weighted by atomic mass is 10.0. The van der Waals surface area contributed by atoms with Crippen LogP contribution in [-0.2, 0) is 4.79 Å². The average Bonchev–Trinajstić information content (AvgIpc) is 2.58. The Kier molecular flexibility index (Phi) is 4.59. The Labute approximate surface area is 115 Å². The molecular formula is C16H24N2O. The van der Waals surface area contributed by atoms with Gasteiger partial charge in [0.25, 0.3) is 0 Å². The van der Waals surface area contributed by atoms with Crippen LogP contribution in [0.1, 0.15) is 51.1 Å². The summed E-state index contributed by atoms with van der Waals surface area (Å²) in [6, 6.07) is 8.11. The highest BCUT2D eigenvalue weighted by Crippen LogP contribution is 2.32. The van der Waals surface area contributed by atoms with E-state index in [9.17, 15) is 4.79 Å². The minimum atomic E-state index is 0.0533. The fourth-order valence-electron chi connectivity index (χ4n) is 2.60. The Morgan fingerprint density at radius 3 is 2.95 bits per heavy atom. The quantitative estimate of drug-likeness (QED) is 0.906. The second-order valence-electron chi connectivity index (χ2n) is 5.57. The molecule has 1 amide bonds. The van der Waals surface area contributed by atoms with E-state index in [2.05, 4.69) is 19.9 Å². The van der Waals surface area contributed by atoms with Gasteiger partial charge in [-0.2, -0.15) is 0 Å². The topological polar surface area (TPSA) is 46.3 Å². The van der Waals surface area contributed by atoms with Crippen LogP contribution >= 0.6 is 0 Å². The molecule has 0 radical (unpaired) electrons. The molecule has 0 fully saturated rings. The summed E-state index contributed by atoms with van der Waals surface area (Å²) in [6.45, 7) is 5.05. The van der Waals surface area contributed by atoms with Crippen molar-refractivity contribution >= 4 is 11.6 Å². The van der Waals surface area contributed by atoms with E-state index in [4.69, 9.17) is 5.73 Å². The van der Waals surface area contributed by atoms with E-state index in [0.717, 1.165) is 37.1 Å². The molecular weight excluding hydrogens is 236 g/mol. The van der Waals surface area contributed by atoms with Crippen LogP contribution in [0.4, 0.5) is 5.69 Å². The van der Waals surface area contributed by atoms with Crippen molar-refractivity contribution in [3.8, 4) is 0 Å². The molecule has 2 N–H and O–H groups in total. The van der Waals surface area contributed by atoms with Gasteiger partial charge in [-0.25, -0.2) is 0 Å². The number of fused-ring (bicyclic) bond motifs is 1. The number of hydrogen-bond donors (Lipinski definition) is 1. The summed E-state index contributed by atoms with van der Waals surface area (Å²) in [5.74, 6) is 0.674. The van der Waals surface area contributed by atoms with Crippen LogP contribution in [0, 0.1) is 5.92 Å². The van der Waals surface area contributed by atoms with Gasteiger partial charge in [-0.1, -0.05) is 38.5 Å². The first-order valence-electron chi connectivity index (χ1n) is 7.28. The zero-order valence-electron chi connectivity index (χ0n) is 11.9. The number of para-hydroxylation sites is 1. The van der Waals surface area contributed by atoms with Gasteiger partial charge in [0, 0.05) is 24.7 Å². The minimum absolute atomic E-state index is 0.0533. The molecule has 0 bridgehead atoms. The first kappa shape index (κ1) is 14.1. The van der Waals surface area contributed by atoms with Crippen LogP contribution in [0.15, 0.2) is 24.3 Å². The summed E-state index contributed by atoms with van der Waals surface area (Å²) in [7, 11) is 0. The summed E-state index contributed by atoms with van der Waals surface area (Å²) >= 11 is 0. The Hall–Kier alpha value is -1.35. The third-order valence-electron chi connectivity index (χ3n) is 4.04. The summed E-state index contributed by atoms with van der Waals surface area (Å²) in [6.07, 6.45) is 3.59. The number of amides is 1. The Balaban J connectivity index is 2.25. The molecule has 3 heteroatoms. The maximum atomic E-state index is 12.5. The van der Waals surface area contributed by atoms with Gasteiger partial charge >= 0.3 is 0 Å². The van der Waals surface area contributed by atoms with Gasteiger partial charge < -0.3 is 10.6 Å². The van der Waals surface area contributed by atoms with E-state index >= 15 is 0 Å². The Bertz CT molecular complexity index is 444. The summed E-state index contributed by atoms with van der Waals surface area (Å²) < 4.78 is 0. The van der Waals surface area contributed by atoms with Crippen molar-refractivity contribution in [2.75, 3.05) is 11.4 Å². The second-order valence-corrected chi connectivity index (χ2v) is 5.57. The fourth-order valence-corrected chi connectivity index (χ4v) is 2.60. The van der Waals surface area contributed by atoms with Crippen molar-refractivity contribution in [2.24, 2.45) is 11.7 Å². The van der Waals surface area contributed by atoms with E-state index < -0.39 is 0 Å². The molecule has 3 nitrogen and oxygen atoms in total. The zero-order valence-corrected chi connectivity index (χ0v) is 11.9. The third-order valence-corrected chi connectivity index (χ3v) is 4.04. The molecule has 1 aromatic carbocycles. The predicted molar refractivity (Wildman–Crippen MR) is 79.0 cm³/mol. The van der Waals surface area contributed by atoms with Crippen molar-refractivity contribution in [3.63, 3.8) is 0 Å². The van der Waals surface area contributed by atoms with E-state index in [1.54, 1.807) is 0 Å². The number of anilines is 1. The molecule has 0 spiro atoms. The Morgan fingerprint density at radius 2 is 2.21 bits per heavy atom. The van der Waals surface area contributed by atoms with Gasteiger partial charge in [-0.3, -0.25) is 4.79 Å². The van der Waals surface area contributed by atoms with E-state index in [1.165, 1.54) is 0 Å². The van der Waals surface area contributed by atoms with Gasteiger partial charge in [0.15, 0.2) is 0 Å². The molecule has 2 unspecified atom stereocenters. The normalized spacial score (nSPS) is 20.6. The van der Waals surface area contributed by atoms with Crippen molar-refractivity contribution in [2.45, 2.75) is 45.6 Å². The van der Waals surface area contributed by atoms with Crippen LogP contribution < -0.4 is 10.6 Å². The highest BCUT2D eigenvalue weighted by Gasteiger charge is 2.24. The number of carbonyl (C=O) groups excluding carboxylic acids is 1. The van der Waals surface area contributed by atoms with Crippen molar-refractivity contribution < 1.29 is 4.79 Å². The number of hydrogen-bond acceptors (Lipinski definition) is 2. The summed E-state index contributed by atoms with van der Waals surface area (Å²) in [4.78, 5) is 14.4. The number of nitrogens with two attached hydrogens (primary N) is 1. The summed E-state index contributed by atoms with van der Waals surface area (Å²) in [5, 5.41) is 0. The fraction of sp³-hybridized carbons (Fsp3) is 0.562. The number of nitrogens with zero attached hydrogens (tertiary/aromatic N) is 1. The predicted octanol–water partition coefficient (Wildman–Crippen LogP) is 3.25. The zero-order chi connectivity index (χ0) is 13.8. The standard InChI is InChI=1S/C16H24N2O/c1-3-12(2)11-16(19)18-10-6-8-14(17)13-7-4-5-9-15(13)18/h4-5,7,9,12,14H,3,6,8,10-11,17H2,1-2H3. The van der Waals surface area contributed by atoms with Crippen molar-refractivity contribution in [1.29, 1.82) is 0 Å². The first-order valence-corrected chi connectivity index (χ1v) is 7.28. The lowest BCUT2D eigenvalue weighted by Gasteiger charge is -2.24. The highest BCUT2D eigenvalue weighted by molar-refractivity contribution is 5.94. The highest BCUT2D eigenvalue weighted by atomic mass is 16.2. The lowest BCUT2D eigenvalue weighted by Crippen LogP contribution is -2.32. The maximum Gasteiger partial charge on any atom is 0.227 e. The van der Waals surface area contributed by atoms with Crippen LogP contribution in [0.3, 0.4) is 0 Å². The first-order chi connectivity index (χ1) is 9.13. The molecule has 1 heterocycles. The van der Waals surface area contributed by atoms with Gasteiger partial charge in [-0.15, -0.1) is 0 Å². The lowest BCUT2D eigenvalue weighted by molar-refractivity contribution is -0.119. The molecule has 0 aromatic heterocycles. The van der Waals surface area contributed by atoms with E-state index in [0.29, 0.717) is 12.3 Å². The second kappa shape index (κ2) is 6.20. The molecule has 0 saturated carbocycles. The largest absolute Gasteiger partial charge is 0.324 e. The molecule has 1 aliphatic rings. The maximum absolute atomic E-state index is 12.5. The van der Waals surface area contributed by atoms with Gasteiger partial charge in [0.2, 0.25) is 5.91 Å². The molecule has 19 heavy (non-hydrogen) atoms. The molecule has 0 aliphatic carbocycles. The van der Waals surface area contributed by atoms with Gasteiger partial charge in [0.1, 0.15) is 0 Å². The van der Waals surface area contributed by atoms with Gasteiger partial charge in [-0.05, 0) is 30.4 Å². The molecule has 1 aliphatic heterocycles. The number of carbonyl (C=O) groups is 1.